The number of methoxy groups -OCH3 is 1. The third kappa shape index (κ3) is 9.71. The number of halogens is 5. The first-order valence-electron chi connectivity index (χ1n) is 16.9. The Morgan fingerprint density at radius 1 is 0.904 bits per heavy atom. The molecule has 0 bridgehead atoms. The third-order valence-electron chi connectivity index (χ3n) is 8.72. The van der Waals surface area contributed by atoms with Gasteiger partial charge in [0.1, 0.15) is 13.1 Å². The van der Waals surface area contributed by atoms with Crippen molar-refractivity contribution in [3.8, 4) is 11.1 Å². The second-order valence-corrected chi connectivity index (χ2v) is 16.0. The maximum absolute atomic E-state index is 15.7. The van der Waals surface area contributed by atoms with Crippen molar-refractivity contribution in [1.29, 1.82) is 0 Å². The molecule has 1 fully saturated rings. The van der Waals surface area contributed by atoms with Gasteiger partial charge >= 0.3 is 226 Å². The van der Waals surface area contributed by atoms with Gasteiger partial charge in [-0.1, -0.05) is 0 Å². The van der Waals surface area contributed by atoms with Crippen LogP contribution in [0.15, 0.2) is 36.5 Å². The zero-order valence-corrected chi connectivity index (χ0v) is 30.5. The van der Waals surface area contributed by atoms with Crippen molar-refractivity contribution >= 4 is 49.3 Å². The van der Waals surface area contributed by atoms with Gasteiger partial charge in [0.05, 0.1) is 13.7 Å². The van der Waals surface area contributed by atoms with E-state index in [1.807, 2.05) is 0 Å². The molecule has 1 aliphatic rings. The predicted octanol–water partition coefficient (Wildman–Crippen LogP) is 2.16. The van der Waals surface area contributed by atoms with E-state index in [9.17, 15) is 37.1 Å². The van der Waals surface area contributed by atoms with Crippen molar-refractivity contribution in [2.24, 2.45) is 0 Å². The van der Waals surface area contributed by atoms with Crippen molar-refractivity contribution < 1.29 is 67.5 Å². The van der Waals surface area contributed by atoms with Gasteiger partial charge in [0.2, 0.25) is 11.8 Å². The number of alkyl halides is 4. The predicted molar refractivity (Wildman–Crippen MR) is 177 cm³/mol. The van der Waals surface area contributed by atoms with E-state index >= 15 is 4.39 Å². The van der Waals surface area contributed by atoms with Crippen LogP contribution < -0.4 is 31.8 Å². The van der Waals surface area contributed by atoms with Crippen LogP contribution in [-0.4, -0.2) is 71.2 Å². The van der Waals surface area contributed by atoms with E-state index < -0.39 is 87.6 Å². The van der Waals surface area contributed by atoms with Gasteiger partial charge in [-0.05, 0) is 0 Å². The molecule has 0 saturated heterocycles. The molecule has 0 radical (unpaired) electrons. The molecule has 0 spiro atoms. The maximum atomic E-state index is 15.7. The second-order valence-electron chi connectivity index (χ2n) is 12.4. The van der Waals surface area contributed by atoms with Gasteiger partial charge in [-0.3, -0.25) is 14.4 Å². The van der Waals surface area contributed by atoms with Crippen LogP contribution in [-0.2, 0) is 36.6 Å². The number of benzene rings is 2. The summed E-state index contributed by atoms with van der Waals surface area (Å²) < 4.78 is 65.5. The number of carbonyl (C=O) groups is 5. The number of aromatic nitrogens is 4. The van der Waals surface area contributed by atoms with Crippen LogP contribution >= 0.6 is 0 Å². The summed E-state index contributed by atoms with van der Waals surface area (Å²) in [5.41, 5.74) is -1.80. The first-order chi connectivity index (χ1) is 24.8. The Balaban J connectivity index is 1.37. The number of fused-ring (bicyclic) bond motifs is 2. The molecule has 0 aliphatic heterocycles. The van der Waals surface area contributed by atoms with Gasteiger partial charge in [0.15, 0.2) is 0 Å². The standard InChI is InChI=1S/C35H38F4IN6O6/c1-52-32(51)19-42-29(48)18-41-30(49)20-45-26-12-8-11-23(33(26)34(44-45)35(37,38)39)24-16-27-21(15-25(24)36)17-43-46(27)31(50)14-13-28(47)40-22-9-6-4-2-3-5-7-10-22/h8,11-12,15-17,22H,2-7,9-10,13-14,18-20H2,1H3,(H,41,49)(H,42,48)/q-1. The molecule has 1 aliphatic carbocycles. The normalized spacial score (nSPS) is 14.5. The molecule has 2 N–H and O–H groups in total. The molecule has 0 atom stereocenters. The molecule has 12 nitrogen and oxygen atoms in total. The number of nitrogens with zero attached hydrogens (tertiary/aromatic N) is 4. The van der Waals surface area contributed by atoms with E-state index in [-0.39, 0.29) is 44.2 Å². The Morgan fingerprint density at radius 3 is 2.29 bits per heavy atom. The molecule has 17 heteroatoms. The molecule has 5 rings (SSSR count). The van der Waals surface area contributed by atoms with Crippen LogP contribution in [0.2, 0.25) is 0 Å². The van der Waals surface area contributed by atoms with Gasteiger partial charge in [0, 0.05) is 0 Å². The van der Waals surface area contributed by atoms with E-state index in [0.29, 0.717) is 3.92 Å². The second kappa shape index (κ2) is 17.4. The van der Waals surface area contributed by atoms with Gasteiger partial charge in [-0.25, -0.2) is 0 Å². The zero-order valence-electron chi connectivity index (χ0n) is 28.4. The summed E-state index contributed by atoms with van der Waals surface area (Å²) in [6, 6.07) is 6.27. The average Bonchev–Trinajstić information content (AvgIpc) is 3.73. The molecule has 2 heterocycles. The molecule has 2 aromatic carbocycles. The first-order valence-corrected chi connectivity index (χ1v) is 19.2. The van der Waals surface area contributed by atoms with E-state index in [4.69, 9.17) is 0 Å². The van der Waals surface area contributed by atoms with Gasteiger partial charge < -0.3 is 15.4 Å². The Morgan fingerprint density at radius 2 is 1.60 bits per heavy atom. The van der Waals surface area contributed by atoms with Crippen LogP contribution in [0.3, 0.4) is 0 Å². The fraction of sp³-hybridized carbons (Fsp3) is 0.457. The molecule has 2 aromatic heterocycles. The van der Waals surface area contributed by atoms with Crippen LogP contribution in [0.4, 0.5) is 17.6 Å². The van der Waals surface area contributed by atoms with Crippen LogP contribution in [0.25, 0.3) is 32.9 Å². The number of ether oxygens (including phenoxy) is 1. The molecule has 4 aromatic rings. The number of nitrogens with one attached hydrogen (secondary N) is 2. The minimum absolute atomic E-state index is 0.0667. The molecule has 2 amide bonds. The van der Waals surface area contributed by atoms with E-state index in [0.717, 1.165) is 48.2 Å². The number of hydrogen-bond donors (Lipinski definition) is 2. The summed E-state index contributed by atoms with van der Waals surface area (Å²) >= 11 is -0.740. The van der Waals surface area contributed by atoms with Gasteiger partial charge in [0.25, 0.3) is 0 Å². The summed E-state index contributed by atoms with van der Waals surface area (Å²) in [4.78, 5) is 62.0. The quantitative estimate of drug-likeness (QED) is 0.0724. The number of hydrogen-bond acceptors (Lipinski definition) is 8. The molecule has 280 valence electrons. The van der Waals surface area contributed by atoms with Gasteiger partial charge in [-0.2, -0.15) is 13.2 Å². The van der Waals surface area contributed by atoms with Crippen LogP contribution in [0.5, 0.6) is 0 Å². The van der Waals surface area contributed by atoms with Crippen molar-refractivity contribution in [2.75, 3.05) is 20.2 Å². The molecule has 0 unspecified atom stereocenters. The van der Waals surface area contributed by atoms with E-state index in [1.165, 1.54) is 56.1 Å². The molecular weight excluding hydrogens is 803 g/mol. The Kier molecular flexibility index (Phi) is 13.0. The fourth-order valence-corrected chi connectivity index (χ4v) is 9.20. The number of rotatable bonds is 12. The summed E-state index contributed by atoms with van der Waals surface area (Å²) in [5.74, 6) is -3.68. The summed E-state index contributed by atoms with van der Waals surface area (Å²) in [5, 5.41) is 12.0. The number of esters is 1. The minimum atomic E-state index is -5.01. The van der Waals surface area contributed by atoms with Crippen molar-refractivity contribution in [1.82, 2.24) is 30.2 Å². The SMILES string of the molecule is COC(=O)CNC(=O)CNC(=O)Cn1nc(C(F)(F)F)c2c(-c3cc4c(cnn4C(=O)CCC(=O)[I-]C4CCCCCCCC4)cc3F)cccc21. The molecular formula is C35H38F4IN6O6-. The number of carbonyl (C=O) groups excluding carboxylic acids is 5. The van der Waals surface area contributed by atoms with Crippen molar-refractivity contribution in [2.45, 2.75) is 80.9 Å². The van der Waals surface area contributed by atoms with Crippen molar-refractivity contribution in [3.05, 3.63) is 48.0 Å². The molecule has 1 saturated carbocycles. The summed E-state index contributed by atoms with van der Waals surface area (Å²) in [6.45, 7) is -1.73. The Labute approximate surface area is 306 Å². The summed E-state index contributed by atoms with van der Waals surface area (Å²) in [6.07, 6.45) is 5.35. The Hall–Kier alpha value is -4.42. The van der Waals surface area contributed by atoms with Crippen molar-refractivity contribution in [3.63, 3.8) is 0 Å². The zero-order chi connectivity index (χ0) is 37.4. The fourth-order valence-electron chi connectivity index (χ4n) is 6.13. The van der Waals surface area contributed by atoms with Crippen LogP contribution in [0.1, 0.15) is 74.7 Å². The monoisotopic (exact) mass is 841 g/mol. The van der Waals surface area contributed by atoms with E-state index in [2.05, 4.69) is 25.6 Å². The average molecular weight is 842 g/mol. The Bertz CT molecular complexity index is 1970. The third-order valence-corrected chi connectivity index (χ3v) is 12.1. The summed E-state index contributed by atoms with van der Waals surface area (Å²) in [7, 11) is 1.13. The van der Waals surface area contributed by atoms with Crippen LogP contribution in [0, 0.1) is 5.82 Å². The van der Waals surface area contributed by atoms with Gasteiger partial charge in [-0.15, -0.1) is 0 Å². The number of amides is 2. The first kappa shape index (κ1) is 38.8. The topological polar surface area (TPSA) is 154 Å². The molecule has 52 heavy (non-hydrogen) atoms. The van der Waals surface area contributed by atoms with E-state index in [1.54, 1.807) is 0 Å².